The first kappa shape index (κ1) is 12.3. The lowest BCUT2D eigenvalue weighted by molar-refractivity contribution is 0.469. The highest BCUT2D eigenvalue weighted by Crippen LogP contribution is 2.09. The highest BCUT2D eigenvalue weighted by molar-refractivity contribution is 5.11. The van der Waals surface area contributed by atoms with E-state index in [0.29, 0.717) is 6.04 Å². The van der Waals surface area contributed by atoms with Crippen LogP contribution in [0.1, 0.15) is 39.2 Å². The van der Waals surface area contributed by atoms with Crippen LogP contribution in [0.5, 0.6) is 0 Å². The third kappa shape index (κ3) is 4.08. The van der Waals surface area contributed by atoms with Crippen LogP contribution in [0.4, 0.5) is 0 Å². The first-order chi connectivity index (χ1) is 7.15. The van der Waals surface area contributed by atoms with Gasteiger partial charge in [-0.3, -0.25) is 0 Å². The fourth-order valence-corrected chi connectivity index (χ4v) is 1.66. The largest absolute Gasteiger partial charge is 0.354 e. The van der Waals surface area contributed by atoms with Crippen molar-refractivity contribution in [3.63, 3.8) is 0 Å². The van der Waals surface area contributed by atoms with Crippen LogP contribution in [-0.2, 0) is 13.0 Å². The topological polar surface area (TPSA) is 30.9 Å². The van der Waals surface area contributed by atoms with Crippen molar-refractivity contribution in [2.75, 3.05) is 0 Å². The molecule has 2 nitrogen and oxygen atoms in total. The summed E-state index contributed by atoms with van der Waals surface area (Å²) in [4.78, 5) is 0. The fourth-order valence-electron chi connectivity index (χ4n) is 1.66. The van der Waals surface area contributed by atoms with Gasteiger partial charge >= 0.3 is 0 Å². The van der Waals surface area contributed by atoms with Crippen LogP contribution in [0.15, 0.2) is 18.5 Å². The van der Waals surface area contributed by atoms with E-state index in [9.17, 15) is 0 Å². The van der Waals surface area contributed by atoms with Crippen LogP contribution in [0, 0.1) is 5.92 Å². The van der Waals surface area contributed by atoms with Crippen molar-refractivity contribution in [2.24, 2.45) is 11.7 Å². The fraction of sp³-hybridized carbons (Fsp3) is 0.692. The molecule has 0 bridgehead atoms. The predicted molar refractivity (Wildman–Crippen MR) is 65.9 cm³/mol. The van der Waals surface area contributed by atoms with Crippen molar-refractivity contribution in [1.29, 1.82) is 0 Å². The van der Waals surface area contributed by atoms with Crippen LogP contribution in [0.3, 0.4) is 0 Å². The monoisotopic (exact) mass is 208 g/mol. The normalized spacial score (nSPS) is 15.2. The molecule has 0 saturated carbocycles. The molecule has 2 N–H and O–H groups in total. The van der Waals surface area contributed by atoms with E-state index in [2.05, 4.69) is 43.8 Å². The Balaban J connectivity index is 2.49. The lowest BCUT2D eigenvalue weighted by Gasteiger charge is -2.09. The van der Waals surface area contributed by atoms with Crippen LogP contribution in [0.25, 0.3) is 0 Å². The minimum Gasteiger partial charge on any atom is -0.354 e. The molecule has 0 amide bonds. The van der Waals surface area contributed by atoms with Crippen molar-refractivity contribution >= 4 is 0 Å². The Hall–Kier alpha value is -0.760. The average molecular weight is 208 g/mol. The van der Waals surface area contributed by atoms with Gasteiger partial charge in [-0.15, -0.1) is 0 Å². The molecule has 0 aliphatic rings. The molecule has 86 valence electrons. The van der Waals surface area contributed by atoms with E-state index in [-0.39, 0.29) is 0 Å². The molecule has 1 aromatic heterocycles. The summed E-state index contributed by atoms with van der Waals surface area (Å²) in [6.07, 6.45) is 7.70. The quantitative estimate of drug-likeness (QED) is 0.765. The number of nitrogens with zero attached hydrogens (tertiary/aromatic N) is 1. The Labute approximate surface area is 93.5 Å². The van der Waals surface area contributed by atoms with Gasteiger partial charge in [-0.2, -0.15) is 0 Å². The van der Waals surface area contributed by atoms with Crippen molar-refractivity contribution in [2.45, 2.75) is 52.6 Å². The van der Waals surface area contributed by atoms with Gasteiger partial charge in [-0.1, -0.05) is 27.2 Å². The summed E-state index contributed by atoms with van der Waals surface area (Å²) in [5, 5.41) is 0. The van der Waals surface area contributed by atoms with Gasteiger partial charge in [0.1, 0.15) is 0 Å². The van der Waals surface area contributed by atoms with Crippen LogP contribution in [0.2, 0.25) is 0 Å². The molecule has 15 heavy (non-hydrogen) atoms. The molecule has 2 unspecified atom stereocenters. The number of hydrogen-bond acceptors (Lipinski definition) is 1. The van der Waals surface area contributed by atoms with Crippen molar-refractivity contribution in [3.8, 4) is 0 Å². The van der Waals surface area contributed by atoms with Crippen LogP contribution >= 0.6 is 0 Å². The SMILES string of the molecule is CCC(C)Cn1ccc(CC(N)CC)c1. The Morgan fingerprint density at radius 3 is 2.67 bits per heavy atom. The molecule has 2 atom stereocenters. The summed E-state index contributed by atoms with van der Waals surface area (Å²) in [6, 6.07) is 2.50. The molecular weight excluding hydrogens is 184 g/mol. The second kappa shape index (κ2) is 5.96. The second-order valence-corrected chi connectivity index (χ2v) is 4.60. The van der Waals surface area contributed by atoms with Gasteiger partial charge in [-0.25, -0.2) is 0 Å². The molecular formula is C13H24N2. The lowest BCUT2D eigenvalue weighted by Crippen LogP contribution is -2.21. The van der Waals surface area contributed by atoms with Gasteiger partial charge in [0.25, 0.3) is 0 Å². The summed E-state index contributed by atoms with van der Waals surface area (Å²) >= 11 is 0. The standard InChI is InChI=1S/C13H24N2/c1-4-11(3)9-15-7-6-12(10-15)8-13(14)5-2/h6-7,10-11,13H,4-5,8-9,14H2,1-3H3. The molecule has 0 aliphatic carbocycles. The molecule has 0 radical (unpaired) electrons. The van der Waals surface area contributed by atoms with E-state index in [1.807, 2.05) is 0 Å². The van der Waals surface area contributed by atoms with Gasteiger partial charge in [0, 0.05) is 25.0 Å². The van der Waals surface area contributed by atoms with Crippen LogP contribution < -0.4 is 5.73 Å². The zero-order valence-electron chi connectivity index (χ0n) is 10.2. The zero-order valence-corrected chi connectivity index (χ0v) is 10.2. The van der Waals surface area contributed by atoms with E-state index >= 15 is 0 Å². The number of nitrogens with two attached hydrogens (primary N) is 1. The maximum atomic E-state index is 5.93. The smallest absolute Gasteiger partial charge is 0.0245 e. The predicted octanol–water partition coefficient (Wildman–Crippen LogP) is 2.81. The van der Waals surface area contributed by atoms with Gasteiger partial charge in [0.15, 0.2) is 0 Å². The third-order valence-corrected chi connectivity index (χ3v) is 3.05. The first-order valence-corrected chi connectivity index (χ1v) is 6.05. The molecule has 1 heterocycles. The number of aromatic nitrogens is 1. The van der Waals surface area contributed by atoms with Gasteiger partial charge < -0.3 is 10.3 Å². The van der Waals surface area contributed by atoms with E-state index in [1.165, 1.54) is 12.0 Å². The number of rotatable bonds is 6. The molecule has 1 aromatic rings. The van der Waals surface area contributed by atoms with Crippen molar-refractivity contribution in [1.82, 2.24) is 4.57 Å². The minimum atomic E-state index is 0.310. The van der Waals surface area contributed by atoms with Gasteiger partial charge in [-0.05, 0) is 30.4 Å². The minimum absolute atomic E-state index is 0.310. The maximum absolute atomic E-state index is 5.93. The van der Waals surface area contributed by atoms with Crippen molar-refractivity contribution in [3.05, 3.63) is 24.0 Å². The molecule has 2 heteroatoms. The Morgan fingerprint density at radius 2 is 2.07 bits per heavy atom. The van der Waals surface area contributed by atoms with E-state index in [4.69, 9.17) is 5.73 Å². The average Bonchev–Trinajstić information content (AvgIpc) is 2.65. The second-order valence-electron chi connectivity index (χ2n) is 4.60. The van der Waals surface area contributed by atoms with E-state index < -0.39 is 0 Å². The Kier molecular flexibility index (Phi) is 4.89. The van der Waals surface area contributed by atoms with Crippen LogP contribution in [-0.4, -0.2) is 10.6 Å². The third-order valence-electron chi connectivity index (χ3n) is 3.05. The Bertz CT molecular complexity index is 251. The maximum Gasteiger partial charge on any atom is 0.0245 e. The van der Waals surface area contributed by atoms with E-state index in [1.54, 1.807) is 0 Å². The molecule has 0 saturated heterocycles. The van der Waals surface area contributed by atoms with Crippen molar-refractivity contribution < 1.29 is 0 Å². The first-order valence-electron chi connectivity index (χ1n) is 6.05. The highest BCUT2D eigenvalue weighted by Gasteiger charge is 2.04. The summed E-state index contributed by atoms with van der Waals surface area (Å²) in [5.41, 5.74) is 7.30. The summed E-state index contributed by atoms with van der Waals surface area (Å²) in [7, 11) is 0. The Morgan fingerprint density at radius 1 is 1.33 bits per heavy atom. The molecule has 0 aromatic carbocycles. The molecule has 0 aliphatic heterocycles. The number of hydrogen-bond donors (Lipinski definition) is 1. The van der Waals surface area contributed by atoms with E-state index in [0.717, 1.165) is 25.3 Å². The lowest BCUT2D eigenvalue weighted by atomic mass is 10.1. The zero-order chi connectivity index (χ0) is 11.3. The summed E-state index contributed by atoms with van der Waals surface area (Å²) in [5.74, 6) is 0.755. The van der Waals surface area contributed by atoms with Gasteiger partial charge in [0.05, 0.1) is 0 Å². The molecule has 0 spiro atoms. The summed E-state index contributed by atoms with van der Waals surface area (Å²) < 4.78 is 2.28. The molecule has 0 fully saturated rings. The van der Waals surface area contributed by atoms with Gasteiger partial charge in [0.2, 0.25) is 0 Å². The highest BCUT2D eigenvalue weighted by atomic mass is 14.9. The molecule has 1 rings (SSSR count). The summed E-state index contributed by atoms with van der Waals surface area (Å²) in [6.45, 7) is 7.79.